The lowest BCUT2D eigenvalue weighted by molar-refractivity contribution is -0.139. The van der Waals surface area contributed by atoms with Gasteiger partial charge in [0.25, 0.3) is 5.91 Å². The Kier molecular flexibility index (Phi) is 4.80. The molecule has 0 unspecified atom stereocenters. The smallest absolute Gasteiger partial charge is 0.328 e. The minimum atomic E-state index is -0.386. The Labute approximate surface area is 208 Å². The van der Waals surface area contributed by atoms with Crippen molar-refractivity contribution in [3.05, 3.63) is 75.5 Å². The normalized spacial score (nSPS) is 17.3. The van der Waals surface area contributed by atoms with E-state index >= 15 is 0 Å². The van der Waals surface area contributed by atoms with Crippen LogP contribution >= 0.6 is 0 Å². The highest BCUT2D eigenvalue weighted by atomic mass is 16.2. The Morgan fingerprint density at radius 2 is 1.81 bits per heavy atom. The summed E-state index contributed by atoms with van der Waals surface area (Å²) >= 11 is 0. The number of anilines is 1. The number of carbonyl (C=O) groups excluding carboxylic acids is 2. The number of benzene rings is 2. The summed E-state index contributed by atoms with van der Waals surface area (Å²) in [6, 6.07) is 12.1. The molecule has 8 heteroatoms. The number of nitrogens with zero attached hydrogens (tertiary/aromatic N) is 4. The molecule has 2 aliphatic rings. The number of amides is 2. The maximum absolute atomic E-state index is 13.7. The first-order valence-electron chi connectivity index (χ1n) is 12.3. The van der Waals surface area contributed by atoms with Crippen molar-refractivity contribution in [3.63, 3.8) is 0 Å². The number of nitrogens with one attached hydrogen (secondary N) is 1. The predicted octanol–water partition coefficient (Wildman–Crippen LogP) is 3.69. The van der Waals surface area contributed by atoms with Gasteiger partial charge in [-0.2, -0.15) is 0 Å². The number of fused-ring (bicyclic) bond motifs is 1. The topological polar surface area (TPSA) is 81.3 Å². The zero-order chi connectivity index (χ0) is 25.5. The third-order valence-corrected chi connectivity index (χ3v) is 7.51. The monoisotopic (exact) mass is 483 g/mol. The van der Waals surface area contributed by atoms with E-state index in [-0.39, 0.29) is 30.0 Å². The van der Waals surface area contributed by atoms with Crippen LogP contribution in [0.25, 0.3) is 21.9 Å². The van der Waals surface area contributed by atoms with E-state index in [2.05, 4.69) is 36.0 Å². The van der Waals surface area contributed by atoms with Gasteiger partial charge < -0.3 is 9.88 Å². The van der Waals surface area contributed by atoms with Crippen molar-refractivity contribution >= 4 is 39.4 Å². The van der Waals surface area contributed by atoms with Crippen LogP contribution in [0.2, 0.25) is 0 Å². The fourth-order valence-corrected chi connectivity index (χ4v) is 5.87. The van der Waals surface area contributed by atoms with Gasteiger partial charge in [0.2, 0.25) is 5.91 Å². The van der Waals surface area contributed by atoms with Crippen molar-refractivity contribution in [3.8, 4) is 0 Å². The molecule has 2 amide bonds. The number of rotatable bonds is 3. The molecule has 0 saturated heterocycles. The van der Waals surface area contributed by atoms with Crippen molar-refractivity contribution in [2.24, 2.45) is 20.0 Å². The van der Waals surface area contributed by atoms with Gasteiger partial charge in [0.1, 0.15) is 0 Å². The lowest BCUT2D eigenvalue weighted by Gasteiger charge is -2.20. The summed E-state index contributed by atoms with van der Waals surface area (Å²) < 4.78 is 5.52. The average Bonchev–Trinajstić information content (AvgIpc) is 3.38. The Hall–Kier alpha value is -4.07. The maximum atomic E-state index is 13.7. The van der Waals surface area contributed by atoms with Gasteiger partial charge in [-0.3, -0.25) is 23.6 Å². The Morgan fingerprint density at radius 1 is 1.06 bits per heavy atom. The lowest BCUT2D eigenvalue weighted by Crippen LogP contribution is -2.33. The molecule has 0 fully saturated rings. The Balaban J connectivity index is 1.66. The molecule has 0 aliphatic carbocycles. The van der Waals surface area contributed by atoms with E-state index in [1.54, 1.807) is 23.2 Å². The van der Waals surface area contributed by atoms with Crippen LogP contribution in [0.3, 0.4) is 0 Å². The van der Waals surface area contributed by atoms with Gasteiger partial charge >= 0.3 is 5.69 Å². The molecule has 2 aromatic carbocycles. The molecule has 1 N–H and O–H groups in total. The van der Waals surface area contributed by atoms with Crippen LogP contribution in [0.15, 0.2) is 58.7 Å². The summed E-state index contributed by atoms with van der Waals surface area (Å²) in [7, 11) is 3.52. The van der Waals surface area contributed by atoms with Gasteiger partial charge in [-0.15, -0.1) is 0 Å². The van der Waals surface area contributed by atoms with E-state index < -0.39 is 0 Å². The van der Waals surface area contributed by atoms with Crippen molar-refractivity contribution < 1.29 is 9.59 Å². The van der Waals surface area contributed by atoms with Crippen molar-refractivity contribution in [1.29, 1.82) is 0 Å². The van der Waals surface area contributed by atoms with E-state index in [1.807, 2.05) is 30.3 Å². The summed E-state index contributed by atoms with van der Waals surface area (Å²) in [4.78, 5) is 40.0. The highest BCUT2D eigenvalue weighted by Gasteiger charge is 2.41. The summed E-state index contributed by atoms with van der Waals surface area (Å²) in [6.45, 7) is 6.87. The molecule has 0 spiro atoms. The molecule has 6 rings (SSSR count). The summed E-state index contributed by atoms with van der Waals surface area (Å²) in [6.07, 6.45) is 2.16. The molecule has 2 aromatic heterocycles. The maximum Gasteiger partial charge on any atom is 0.328 e. The molecule has 1 atom stereocenters. The number of hydrogen-bond donors (Lipinski definition) is 1. The summed E-state index contributed by atoms with van der Waals surface area (Å²) in [5.41, 5.74) is 6.87. The highest BCUT2D eigenvalue weighted by molar-refractivity contribution is 6.11. The number of imidazole rings is 1. The minimum absolute atomic E-state index is 0.0971. The SMILES string of the molecule is CC(=O)N1CC2=C(C1=O)[C@@H](c1ccc3c(c1)n(C)c(=O)n3C)c1cn(CC(C)C)c3cccc(c13)N2. The van der Waals surface area contributed by atoms with Crippen LogP contribution in [0.4, 0.5) is 5.69 Å². The summed E-state index contributed by atoms with van der Waals surface area (Å²) in [5.74, 6) is -0.485. The molecule has 0 radical (unpaired) electrons. The number of carbonyl (C=O) groups is 2. The summed E-state index contributed by atoms with van der Waals surface area (Å²) in [5, 5.41) is 4.61. The first-order valence-corrected chi connectivity index (χ1v) is 12.3. The third kappa shape index (κ3) is 3.03. The number of aryl methyl sites for hydroxylation is 2. The fourth-order valence-electron chi connectivity index (χ4n) is 5.87. The van der Waals surface area contributed by atoms with E-state index in [4.69, 9.17) is 0 Å². The van der Waals surface area contributed by atoms with Crippen LogP contribution < -0.4 is 11.0 Å². The van der Waals surface area contributed by atoms with Gasteiger partial charge in [-0.05, 0) is 41.3 Å². The second-order valence-electron chi connectivity index (χ2n) is 10.3. The van der Waals surface area contributed by atoms with E-state index in [1.165, 1.54) is 11.8 Å². The van der Waals surface area contributed by atoms with Crippen LogP contribution in [0.5, 0.6) is 0 Å². The van der Waals surface area contributed by atoms with Crippen LogP contribution in [-0.2, 0) is 30.2 Å². The second-order valence-corrected chi connectivity index (χ2v) is 10.3. The standard InChI is InChI=1S/C28H29N5O3/c1-15(2)12-32-13-18-24(17-9-10-21-23(11-17)31(5)28(36)30(21)4)26-20(14-33(16(3)34)27(26)35)29-19-7-6-8-22(32)25(18)19/h6-11,13,15,24,29H,12,14H2,1-5H3/t24-/m0/s1. The van der Waals surface area contributed by atoms with Gasteiger partial charge in [0.15, 0.2) is 0 Å². The average molecular weight is 484 g/mol. The zero-order valence-corrected chi connectivity index (χ0v) is 21.1. The molecule has 8 nitrogen and oxygen atoms in total. The molecule has 0 bridgehead atoms. The Bertz CT molecular complexity index is 1700. The van der Waals surface area contributed by atoms with Gasteiger partial charge in [-0.1, -0.05) is 26.0 Å². The molecule has 2 aliphatic heterocycles. The largest absolute Gasteiger partial charge is 0.356 e. The lowest BCUT2D eigenvalue weighted by atomic mass is 9.84. The Morgan fingerprint density at radius 3 is 2.53 bits per heavy atom. The first-order chi connectivity index (χ1) is 17.2. The number of imide groups is 1. The zero-order valence-electron chi connectivity index (χ0n) is 21.1. The molecule has 4 heterocycles. The quantitative estimate of drug-likeness (QED) is 0.482. The van der Waals surface area contributed by atoms with E-state index in [9.17, 15) is 14.4 Å². The van der Waals surface area contributed by atoms with Crippen molar-refractivity contribution in [2.45, 2.75) is 33.2 Å². The fraction of sp³-hybridized carbons (Fsp3) is 0.321. The van der Waals surface area contributed by atoms with Crippen LogP contribution in [0.1, 0.15) is 37.8 Å². The molecule has 4 aromatic rings. The molecule has 184 valence electrons. The van der Waals surface area contributed by atoms with Crippen LogP contribution in [-0.4, -0.2) is 37.0 Å². The first kappa shape index (κ1) is 22.4. The number of hydrogen-bond acceptors (Lipinski definition) is 4. The molecular formula is C28H29N5O3. The molecular weight excluding hydrogens is 454 g/mol. The predicted molar refractivity (Wildman–Crippen MR) is 140 cm³/mol. The van der Waals surface area contributed by atoms with E-state index in [0.29, 0.717) is 11.5 Å². The molecule has 0 saturated carbocycles. The minimum Gasteiger partial charge on any atom is -0.356 e. The van der Waals surface area contributed by atoms with Crippen LogP contribution in [0, 0.1) is 5.92 Å². The van der Waals surface area contributed by atoms with E-state index in [0.717, 1.165) is 51.0 Å². The van der Waals surface area contributed by atoms with Gasteiger partial charge in [0.05, 0.1) is 28.7 Å². The number of aromatic nitrogens is 3. The molecule has 36 heavy (non-hydrogen) atoms. The van der Waals surface area contributed by atoms with Gasteiger partial charge in [-0.25, -0.2) is 4.79 Å². The second kappa shape index (κ2) is 7.71. The van der Waals surface area contributed by atoms with Crippen molar-refractivity contribution in [1.82, 2.24) is 18.6 Å². The van der Waals surface area contributed by atoms with Gasteiger partial charge in [0, 0.05) is 56.4 Å². The highest BCUT2D eigenvalue weighted by Crippen LogP contribution is 2.46. The third-order valence-electron chi connectivity index (χ3n) is 7.51. The van der Waals surface area contributed by atoms with Crippen molar-refractivity contribution in [2.75, 3.05) is 11.9 Å².